The molecule has 2 amide bonds. The van der Waals surface area contributed by atoms with Crippen LogP contribution in [0, 0.1) is 12.8 Å². The smallest absolute Gasteiger partial charge is 0.234 e. The first kappa shape index (κ1) is 23.3. The average Bonchev–Trinajstić information content (AvgIpc) is 2.79. The zero-order valence-electron chi connectivity index (χ0n) is 17.9. The van der Waals surface area contributed by atoms with Crippen molar-refractivity contribution in [3.63, 3.8) is 0 Å². The fourth-order valence-electron chi connectivity index (χ4n) is 3.41. The van der Waals surface area contributed by atoms with Crippen LogP contribution in [-0.4, -0.2) is 47.4 Å². The van der Waals surface area contributed by atoms with E-state index in [-0.39, 0.29) is 23.5 Å². The second kappa shape index (κ2) is 11.3. The number of thioether (sulfide) groups is 1. The molecule has 1 atom stereocenters. The molecule has 0 spiro atoms. The van der Waals surface area contributed by atoms with Gasteiger partial charge in [-0.05, 0) is 56.0 Å². The molecule has 31 heavy (non-hydrogen) atoms. The molecule has 166 valence electrons. The van der Waals surface area contributed by atoms with Crippen molar-refractivity contribution in [2.24, 2.45) is 5.92 Å². The van der Waals surface area contributed by atoms with Crippen LogP contribution in [0.5, 0.6) is 0 Å². The molecular formula is C22H28ClN5O2S. The van der Waals surface area contributed by atoms with Crippen molar-refractivity contribution in [3.8, 4) is 0 Å². The van der Waals surface area contributed by atoms with Crippen molar-refractivity contribution >= 4 is 46.7 Å². The molecule has 7 nitrogen and oxygen atoms in total. The molecule has 1 aliphatic rings. The fourth-order valence-corrected chi connectivity index (χ4v) is 4.19. The summed E-state index contributed by atoms with van der Waals surface area (Å²) >= 11 is 7.33. The quantitative estimate of drug-likeness (QED) is 0.579. The summed E-state index contributed by atoms with van der Waals surface area (Å²) < 4.78 is 0. The number of aromatic nitrogens is 2. The Balaban J connectivity index is 1.51. The monoisotopic (exact) mass is 461 g/mol. The van der Waals surface area contributed by atoms with Crippen LogP contribution in [0.3, 0.4) is 0 Å². The van der Waals surface area contributed by atoms with Crippen LogP contribution >= 0.6 is 23.4 Å². The molecule has 0 aliphatic carbocycles. The van der Waals surface area contributed by atoms with Crippen molar-refractivity contribution in [2.45, 2.75) is 38.1 Å². The number of benzene rings is 1. The number of rotatable bonds is 8. The largest absolute Gasteiger partial charge is 0.356 e. The van der Waals surface area contributed by atoms with Crippen LogP contribution in [0.1, 0.15) is 31.7 Å². The highest BCUT2D eigenvalue weighted by Gasteiger charge is 2.26. The zero-order chi connectivity index (χ0) is 22.2. The Morgan fingerprint density at radius 2 is 2.10 bits per heavy atom. The van der Waals surface area contributed by atoms with Gasteiger partial charge in [-0.3, -0.25) is 9.59 Å². The highest BCUT2D eigenvalue weighted by molar-refractivity contribution is 7.99. The lowest BCUT2D eigenvalue weighted by atomic mass is 9.97. The number of nitrogens with one attached hydrogen (secondary N) is 2. The maximum Gasteiger partial charge on any atom is 0.234 e. The molecule has 0 radical (unpaired) electrons. The Morgan fingerprint density at radius 3 is 2.84 bits per heavy atom. The Hall–Kier alpha value is -2.32. The molecule has 1 aliphatic heterocycles. The van der Waals surface area contributed by atoms with Gasteiger partial charge in [0.15, 0.2) is 5.82 Å². The van der Waals surface area contributed by atoms with Crippen molar-refractivity contribution in [1.29, 1.82) is 0 Å². The summed E-state index contributed by atoms with van der Waals surface area (Å²) in [5.41, 5.74) is 1.66. The molecular weight excluding hydrogens is 434 g/mol. The fraction of sp³-hybridized carbons (Fsp3) is 0.455. The third kappa shape index (κ3) is 6.83. The number of halogens is 1. The van der Waals surface area contributed by atoms with Gasteiger partial charge >= 0.3 is 0 Å². The summed E-state index contributed by atoms with van der Waals surface area (Å²) in [6.07, 6.45) is 2.78. The molecule has 0 unspecified atom stereocenters. The van der Waals surface area contributed by atoms with E-state index in [0.717, 1.165) is 37.2 Å². The summed E-state index contributed by atoms with van der Waals surface area (Å²) in [6, 6.07) is 9.17. The topological polar surface area (TPSA) is 87.2 Å². The number of carbonyl (C=O) groups excluding carboxylic acids is 2. The predicted octanol–water partition coefficient (Wildman–Crippen LogP) is 3.91. The molecule has 1 fully saturated rings. The molecule has 0 saturated carbocycles. The van der Waals surface area contributed by atoms with Crippen molar-refractivity contribution < 1.29 is 9.59 Å². The van der Waals surface area contributed by atoms with Crippen molar-refractivity contribution in [3.05, 3.63) is 40.9 Å². The Morgan fingerprint density at radius 1 is 1.26 bits per heavy atom. The summed E-state index contributed by atoms with van der Waals surface area (Å²) in [7, 11) is 0. The average molecular weight is 462 g/mol. The van der Waals surface area contributed by atoms with E-state index in [1.807, 2.05) is 32.0 Å². The van der Waals surface area contributed by atoms with Crippen molar-refractivity contribution in [1.82, 2.24) is 15.5 Å². The highest BCUT2D eigenvalue weighted by atomic mass is 35.5. The number of piperidine rings is 1. The number of amides is 2. The van der Waals surface area contributed by atoms with Crippen LogP contribution in [-0.2, 0) is 9.59 Å². The maximum atomic E-state index is 12.3. The van der Waals surface area contributed by atoms with E-state index in [0.29, 0.717) is 28.8 Å². The third-order valence-electron chi connectivity index (χ3n) is 5.12. The molecule has 2 aromatic rings. The number of hydrogen-bond acceptors (Lipinski definition) is 6. The molecule has 2 N–H and O–H groups in total. The minimum absolute atomic E-state index is 0.0187. The molecule has 1 aromatic heterocycles. The lowest BCUT2D eigenvalue weighted by molar-refractivity contribution is -0.125. The van der Waals surface area contributed by atoms with Crippen LogP contribution < -0.4 is 15.5 Å². The molecule has 3 rings (SSSR count). The van der Waals surface area contributed by atoms with Crippen LogP contribution in [0.15, 0.2) is 35.4 Å². The van der Waals surface area contributed by atoms with Gasteiger partial charge in [0.2, 0.25) is 11.8 Å². The van der Waals surface area contributed by atoms with Crippen LogP contribution in [0.4, 0.5) is 11.5 Å². The summed E-state index contributed by atoms with van der Waals surface area (Å²) in [5.74, 6) is 0.959. The van der Waals surface area contributed by atoms with Crippen LogP contribution in [0.25, 0.3) is 0 Å². The minimum Gasteiger partial charge on any atom is -0.356 e. The molecule has 1 saturated heterocycles. The normalized spacial score (nSPS) is 16.1. The van der Waals surface area contributed by atoms with E-state index in [4.69, 9.17) is 11.6 Å². The lowest BCUT2D eigenvalue weighted by Crippen LogP contribution is -2.43. The maximum absolute atomic E-state index is 12.3. The highest BCUT2D eigenvalue weighted by Crippen LogP contribution is 2.24. The first-order valence-electron chi connectivity index (χ1n) is 10.5. The standard InChI is InChI=1S/C22H28ClN5O2S/c1-3-10-24-22(30)16-5-4-11-28(13-16)19-8-9-21(27-26-19)31-14-20(29)25-18-12-17(23)7-6-15(18)2/h6-9,12,16H,3-5,10-11,13-14H2,1-2H3,(H,24,30)(H,25,29)/t16-/m0/s1. The van der Waals surface area contributed by atoms with E-state index in [1.165, 1.54) is 11.8 Å². The Labute approximate surface area is 192 Å². The SMILES string of the molecule is CCCNC(=O)[C@H]1CCCN(c2ccc(SCC(=O)Nc3cc(Cl)ccc3C)nn2)C1. The van der Waals surface area contributed by atoms with Gasteiger partial charge in [0.05, 0.1) is 11.7 Å². The molecule has 2 heterocycles. The second-order valence-corrected chi connectivity index (χ2v) is 9.03. The second-order valence-electron chi connectivity index (χ2n) is 7.60. The lowest BCUT2D eigenvalue weighted by Gasteiger charge is -2.32. The van der Waals surface area contributed by atoms with Gasteiger partial charge in [0.1, 0.15) is 5.03 Å². The zero-order valence-corrected chi connectivity index (χ0v) is 19.4. The molecule has 1 aromatic carbocycles. The van der Waals surface area contributed by atoms with E-state index in [2.05, 4.69) is 25.7 Å². The number of carbonyl (C=O) groups is 2. The van der Waals surface area contributed by atoms with Gasteiger partial charge < -0.3 is 15.5 Å². The molecule has 9 heteroatoms. The summed E-state index contributed by atoms with van der Waals surface area (Å²) in [5, 5.41) is 15.7. The van der Waals surface area contributed by atoms with E-state index >= 15 is 0 Å². The van der Waals surface area contributed by atoms with Crippen molar-refractivity contribution in [2.75, 3.05) is 35.6 Å². The number of anilines is 2. The van der Waals surface area contributed by atoms with E-state index in [9.17, 15) is 9.59 Å². The predicted molar refractivity (Wildman–Crippen MR) is 126 cm³/mol. The minimum atomic E-state index is -0.127. The van der Waals surface area contributed by atoms with Gasteiger partial charge in [-0.25, -0.2) is 0 Å². The first-order chi connectivity index (χ1) is 15.0. The number of nitrogens with zero attached hydrogens (tertiary/aromatic N) is 3. The Kier molecular flexibility index (Phi) is 8.54. The van der Waals surface area contributed by atoms with E-state index in [1.54, 1.807) is 12.1 Å². The first-order valence-corrected chi connectivity index (χ1v) is 11.9. The van der Waals surface area contributed by atoms with Gasteiger partial charge in [-0.15, -0.1) is 10.2 Å². The number of hydrogen-bond donors (Lipinski definition) is 2. The molecule has 0 bridgehead atoms. The third-order valence-corrected chi connectivity index (χ3v) is 6.27. The summed E-state index contributed by atoms with van der Waals surface area (Å²) in [6.45, 7) is 6.19. The van der Waals surface area contributed by atoms with Gasteiger partial charge in [-0.1, -0.05) is 36.4 Å². The van der Waals surface area contributed by atoms with E-state index < -0.39 is 0 Å². The van der Waals surface area contributed by atoms with Crippen LogP contribution in [0.2, 0.25) is 5.02 Å². The summed E-state index contributed by atoms with van der Waals surface area (Å²) in [4.78, 5) is 26.7. The van der Waals surface area contributed by atoms with Gasteiger partial charge in [-0.2, -0.15) is 0 Å². The number of aryl methyl sites for hydroxylation is 1. The van der Waals surface area contributed by atoms with Gasteiger partial charge in [0, 0.05) is 30.3 Å². The van der Waals surface area contributed by atoms with Gasteiger partial charge in [0.25, 0.3) is 0 Å². The Bertz CT molecular complexity index is 909.